The SMILES string of the molecule is COCCNC(=O)[C@H](c1ccc(F)cc1)N(C(=O)CCC(=O)Nc1ccccn1)c1ccc(C)cc1. The van der Waals surface area contributed by atoms with Crippen LogP contribution in [-0.4, -0.2) is 43.0 Å². The normalized spacial score (nSPS) is 11.4. The van der Waals surface area contributed by atoms with Gasteiger partial charge in [-0.05, 0) is 48.9 Å². The molecule has 1 aromatic heterocycles. The average Bonchev–Trinajstić information content (AvgIpc) is 2.88. The monoisotopic (exact) mass is 492 g/mol. The lowest BCUT2D eigenvalue weighted by Gasteiger charge is -2.31. The zero-order chi connectivity index (χ0) is 25.9. The number of hydrogen-bond donors (Lipinski definition) is 2. The van der Waals surface area contributed by atoms with Crippen LogP contribution in [-0.2, 0) is 19.1 Å². The molecule has 3 aromatic rings. The van der Waals surface area contributed by atoms with Gasteiger partial charge in [0.2, 0.25) is 17.7 Å². The standard InChI is InChI=1S/C27H29FN4O4/c1-19-6-12-22(13-7-19)32(25(34)15-14-24(33)31-23-5-3-4-16-29-23)26(27(35)30-17-18-36-2)20-8-10-21(28)11-9-20/h3-13,16,26H,14-15,17-18H2,1-2H3,(H,30,35)(H,29,31,33)/t26-/m0/s1. The summed E-state index contributed by atoms with van der Waals surface area (Å²) in [6.07, 6.45) is 1.28. The van der Waals surface area contributed by atoms with Gasteiger partial charge in [-0.2, -0.15) is 0 Å². The lowest BCUT2D eigenvalue weighted by atomic mass is 10.0. The highest BCUT2D eigenvalue weighted by molar-refractivity contribution is 6.03. The number of nitrogens with zero attached hydrogens (tertiary/aromatic N) is 2. The topological polar surface area (TPSA) is 101 Å². The predicted octanol–water partition coefficient (Wildman–Crippen LogP) is 3.78. The van der Waals surface area contributed by atoms with Crippen molar-refractivity contribution in [3.8, 4) is 0 Å². The van der Waals surface area contributed by atoms with Crippen LogP contribution in [0.25, 0.3) is 0 Å². The van der Waals surface area contributed by atoms with E-state index in [4.69, 9.17) is 4.74 Å². The molecule has 2 aromatic carbocycles. The van der Waals surface area contributed by atoms with Gasteiger partial charge in [-0.1, -0.05) is 35.9 Å². The third kappa shape index (κ3) is 7.44. The van der Waals surface area contributed by atoms with Gasteiger partial charge in [-0.15, -0.1) is 0 Å². The molecule has 3 amide bonds. The first-order valence-electron chi connectivity index (χ1n) is 11.5. The number of benzene rings is 2. The van der Waals surface area contributed by atoms with Gasteiger partial charge in [-0.3, -0.25) is 19.3 Å². The number of nitrogens with one attached hydrogen (secondary N) is 2. The first kappa shape index (κ1) is 26.5. The van der Waals surface area contributed by atoms with Gasteiger partial charge in [0.15, 0.2) is 0 Å². The van der Waals surface area contributed by atoms with Gasteiger partial charge in [0.1, 0.15) is 17.7 Å². The molecular weight excluding hydrogens is 463 g/mol. The van der Waals surface area contributed by atoms with E-state index in [-0.39, 0.29) is 31.9 Å². The number of aryl methyl sites for hydroxylation is 1. The molecule has 0 saturated heterocycles. The molecule has 36 heavy (non-hydrogen) atoms. The van der Waals surface area contributed by atoms with Crippen LogP contribution in [0.4, 0.5) is 15.9 Å². The van der Waals surface area contributed by atoms with Crippen LogP contribution >= 0.6 is 0 Å². The predicted molar refractivity (Wildman–Crippen MR) is 135 cm³/mol. The Hall–Kier alpha value is -4.11. The summed E-state index contributed by atoms with van der Waals surface area (Å²) in [6.45, 7) is 2.43. The minimum Gasteiger partial charge on any atom is -0.383 e. The third-order valence-electron chi connectivity index (χ3n) is 5.38. The number of halogens is 1. The largest absolute Gasteiger partial charge is 0.383 e. The molecule has 0 bridgehead atoms. The number of methoxy groups -OCH3 is 1. The van der Waals surface area contributed by atoms with Gasteiger partial charge in [-0.25, -0.2) is 9.37 Å². The Labute approximate surface area is 209 Å². The second-order valence-electron chi connectivity index (χ2n) is 8.10. The van der Waals surface area contributed by atoms with E-state index in [0.29, 0.717) is 17.1 Å². The van der Waals surface area contributed by atoms with Crippen LogP contribution in [0.5, 0.6) is 0 Å². The van der Waals surface area contributed by atoms with Crippen molar-refractivity contribution in [1.29, 1.82) is 0 Å². The van der Waals surface area contributed by atoms with E-state index >= 15 is 0 Å². The molecule has 9 heteroatoms. The lowest BCUT2D eigenvalue weighted by molar-refractivity contribution is -0.127. The summed E-state index contributed by atoms with van der Waals surface area (Å²) >= 11 is 0. The Kier molecular flexibility index (Phi) is 9.64. The molecule has 0 radical (unpaired) electrons. The third-order valence-corrected chi connectivity index (χ3v) is 5.38. The van der Waals surface area contributed by atoms with E-state index in [9.17, 15) is 18.8 Å². The van der Waals surface area contributed by atoms with E-state index in [0.717, 1.165) is 5.56 Å². The molecule has 1 atom stereocenters. The van der Waals surface area contributed by atoms with Crippen molar-refractivity contribution in [1.82, 2.24) is 10.3 Å². The molecule has 0 fully saturated rings. The summed E-state index contributed by atoms with van der Waals surface area (Å²) in [6, 6.07) is 16.6. The van der Waals surface area contributed by atoms with Crippen molar-refractivity contribution in [2.24, 2.45) is 0 Å². The van der Waals surface area contributed by atoms with Crippen molar-refractivity contribution in [2.75, 3.05) is 30.5 Å². The van der Waals surface area contributed by atoms with Gasteiger partial charge < -0.3 is 15.4 Å². The highest BCUT2D eigenvalue weighted by Crippen LogP contribution is 2.29. The quantitative estimate of drug-likeness (QED) is 0.397. The molecule has 8 nitrogen and oxygen atoms in total. The van der Waals surface area contributed by atoms with E-state index in [1.165, 1.54) is 36.3 Å². The molecular formula is C27H29FN4O4. The van der Waals surface area contributed by atoms with E-state index in [1.807, 2.05) is 19.1 Å². The van der Waals surface area contributed by atoms with Gasteiger partial charge in [0.05, 0.1) is 6.61 Å². The van der Waals surface area contributed by atoms with Crippen LogP contribution in [0, 0.1) is 12.7 Å². The van der Waals surface area contributed by atoms with Crippen molar-refractivity contribution in [2.45, 2.75) is 25.8 Å². The summed E-state index contributed by atoms with van der Waals surface area (Å²) < 4.78 is 18.7. The number of anilines is 2. The van der Waals surface area contributed by atoms with E-state index < -0.39 is 23.7 Å². The number of aromatic nitrogens is 1. The highest BCUT2D eigenvalue weighted by atomic mass is 19.1. The number of carbonyl (C=O) groups excluding carboxylic acids is 3. The number of pyridine rings is 1. The Bertz CT molecular complexity index is 1150. The fraction of sp³-hybridized carbons (Fsp3) is 0.259. The lowest BCUT2D eigenvalue weighted by Crippen LogP contribution is -2.45. The molecule has 0 aliphatic carbocycles. The minimum atomic E-state index is -1.09. The maximum Gasteiger partial charge on any atom is 0.247 e. The van der Waals surface area contributed by atoms with Crippen molar-refractivity contribution < 1.29 is 23.5 Å². The summed E-state index contributed by atoms with van der Waals surface area (Å²) in [5.74, 6) is -1.35. The number of carbonyl (C=O) groups is 3. The Morgan fingerprint density at radius 2 is 1.72 bits per heavy atom. The van der Waals surface area contributed by atoms with E-state index in [1.54, 1.807) is 36.5 Å². The molecule has 0 aliphatic heterocycles. The van der Waals surface area contributed by atoms with Crippen LogP contribution < -0.4 is 15.5 Å². The first-order chi connectivity index (χ1) is 17.4. The summed E-state index contributed by atoms with van der Waals surface area (Å²) in [4.78, 5) is 44.7. The number of hydrogen-bond acceptors (Lipinski definition) is 5. The van der Waals surface area contributed by atoms with Crippen LogP contribution in [0.15, 0.2) is 72.9 Å². The Morgan fingerprint density at radius 1 is 1.00 bits per heavy atom. The van der Waals surface area contributed by atoms with Gasteiger partial charge in [0, 0.05) is 38.4 Å². The van der Waals surface area contributed by atoms with Crippen molar-refractivity contribution in [3.63, 3.8) is 0 Å². The van der Waals surface area contributed by atoms with Crippen LogP contribution in [0.3, 0.4) is 0 Å². The van der Waals surface area contributed by atoms with Gasteiger partial charge >= 0.3 is 0 Å². The van der Waals surface area contributed by atoms with Crippen LogP contribution in [0.1, 0.15) is 30.0 Å². The number of amides is 3. The Balaban J connectivity index is 1.89. The average molecular weight is 493 g/mol. The van der Waals surface area contributed by atoms with Crippen molar-refractivity contribution >= 4 is 29.2 Å². The highest BCUT2D eigenvalue weighted by Gasteiger charge is 2.32. The fourth-order valence-corrected chi connectivity index (χ4v) is 3.56. The second kappa shape index (κ2) is 13.1. The molecule has 2 N–H and O–H groups in total. The first-order valence-corrected chi connectivity index (χ1v) is 11.5. The second-order valence-corrected chi connectivity index (χ2v) is 8.10. The summed E-state index contributed by atoms with van der Waals surface area (Å²) in [7, 11) is 1.52. The minimum absolute atomic E-state index is 0.112. The van der Waals surface area contributed by atoms with Crippen LogP contribution in [0.2, 0.25) is 0 Å². The number of ether oxygens (including phenoxy) is 1. The maximum absolute atomic E-state index is 13.7. The van der Waals surface area contributed by atoms with E-state index in [2.05, 4.69) is 15.6 Å². The molecule has 0 aliphatic rings. The molecule has 3 rings (SSSR count). The molecule has 1 heterocycles. The fourth-order valence-electron chi connectivity index (χ4n) is 3.56. The van der Waals surface area contributed by atoms with Gasteiger partial charge in [0.25, 0.3) is 0 Å². The molecule has 188 valence electrons. The number of rotatable bonds is 11. The molecule has 0 saturated carbocycles. The smallest absolute Gasteiger partial charge is 0.247 e. The zero-order valence-electron chi connectivity index (χ0n) is 20.2. The molecule has 0 spiro atoms. The molecule has 0 unspecified atom stereocenters. The Morgan fingerprint density at radius 3 is 2.36 bits per heavy atom. The zero-order valence-corrected chi connectivity index (χ0v) is 20.2. The maximum atomic E-state index is 13.7. The van der Waals surface area contributed by atoms with Crippen molar-refractivity contribution in [3.05, 3.63) is 89.9 Å². The summed E-state index contributed by atoms with van der Waals surface area (Å²) in [5, 5.41) is 5.42. The summed E-state index contributed by atoms with van der Waals surface area (Å²) in [5.41, 5.74) is 1.88.